The molecule has 0 saturated carbocycles. The summed E-state index contributed by atoms with van der Waals surface area (Å²) in [6, 6.07) is 13.5. The van der Waals surface area contributed by atoms with Crippen molar-refractivity contribution < 1.29 is 13.9 Å². The minimum atomic E-state index is -0.457. The number of thioether (sulfide) groups is 1. The van der Waals surface area contributed by atoms with E-state index in [1.54, 1.807) is 18.2 Å². The third kappa shape index (κ3) is 4.81. The Labute approximate surface area is 203 Å². The molecule has 0 radical (unpaired) electrons. The number of carbonyl (C=O) groups is 1. The average molecular weight is 497 g/mol. The van der Waals surface area contributed by atoms with Gasteiger partial charge in [0.25, 0.3) is 0 Å². The van der Waals surface area contributed by atoms with E-state index in [1.807, 2.05) is 28.1 Å². The van der Waals surface area contributed by atoms with Crippen molar-refractivity contribution in [2.45, 2.75) is 10.9 Å². The van der Waals surface area contributed by atoms with Gasteiger partial charge in [-0.1, -0.05) is 30.0 Å². The van der Waals surface area contributed by atoms with Crippen LogP contribution in [0.5, 0.6) is 0 Å². The average Bonchev–Trinajstić information content (AvgIpc) is 3.51. The molecule has 11 heteroatoms. The van der Waals surface area contributed by atoms with Gasteiger partial charge in [0.15, 0.2) is 5.16 Å². The SMILES string of the molecule is NC(=O)c1ccc(-c2nc(CSc3nnc(N4CCOCC4)n3-c3cccc(F)c3)cs2)cc1. The van der Waals surface area contributed by atoms with Crippen molar-refractivity contribution in [3.05, 3.63) is 71.0 Å². The molecule has 1 saturated heterocycles. The number of hydrogen-bond acceptors (Lipinski definition) is 8. The lowest BCUT2D eigenvalue weighted by atomic mass is 10.1. The number of benzene rings is 2. The minimum absolute atomic E-state index is 0.318. The molecular weight excluding hydrogens is 475 g/mol. The smallest absolute Gasteiger partial charge is 0.248 e. The van der Waals surface area contributed by atoms with Gasteiger partial charge in [0, 0.05) is 35.3 Å². The van der Waals surface area contributed by atoms with Crippen LogP contribution in [0.3, 0.4) is 0 Å². The molecule has 0 unspecified atom stereocenters. The Bertz CT molecular complexity index is 1300. The zero-order valence-corrected chi connectivity index (χ0v) is 19.7. The van der Waals surface area contributed by atoms with E-state index in [-0.39, 0.29) is 5.82 Å². The van der Waals surface area contributed by atoms with Crippen LogP contribution in [-0.4, -0.2) is 52.0 Å². The van der Waals surface area contributed by atoms with Crippen LogP contribution in [-0.2, 0) is 10.5 Å². The number of morpholine rings is 1. The van der Waals surface area contributed by atoms with Gasteiger partial charge in [-0.05, 0) is 30.3 Å². The first-order valence-electron chi connectivity index (χ1n) is 10.6. The Morgan fingerprint density at radius 1 is 1.15 bits per heavy atom. The maximum atomic E-state index is 14.0. The highest BCUT2D eigenvalue weighted by molar-refractivity contribution is 7.98. The highest BCUT2D eigenvalue weighted by Gasteiger charge is 2.22. The van der Waals surface area contributed by atoms with Crippen LogP contribution in [0.15, 0.2) is 59.1 Å². The molecule has 2 aromatic heterocycles. The Morgan fingerprint density at radius 3 is 2.68 bits per heavy atom. The predicted molar refractivity (Wildman–Crippen MR) is 130 cm³/mol. The van der Waals surface area contributed by atoms with E-state index in [0.29, 0.717) is 54.4 Å². The zero-order chi connectivity index (χ0) is 23.5. The molecule has 8 nitrogen and oxygen atoms in total. The van der Waals surface area contributed by atoms with Crippen molar-refractivity contribution in [1.29, 1.82) is 0 Å². The molecule has 3 heterocycles. The molecule has 0 aliphatic carbocycles. The Kier molecular flexibility index (Phi) is 6.57. The summed E-state index contributed by atoms with van der Waals surface area (Å²) in [7, 11) is 0. The fraction of sp³-hybridized carbons (Fsp3) is 0.217. The molecule has 0 atom stereocenters. The van der Waals surface area contributed by atoms with Gasteiger partial charge in [-0.15, -0.1) is 21.5 Å². The van der Waals surface area contributed by atoms with Gasteiger partial charge < -0.3 is 15.4 Å². The first-order chi connectivity index (χ1) is 16.6. The summed E-state index contributed by atoms with van der Waals surface area (Å²) in [6.07, 6.45) is 0. The van der Waals surface area contributed by atoms with Crippen molar-refractivity contribution >= 4 is 35.0 Å². The molecule has 174 valence electrons. The van der Waals surface area contributed by atoms with Gasteiger partial charge in [0.2, 0.25) is 11.9 Å². The summed E-state index contributed by atoms with van der Waals surface area (Å²) in [5.74, 6) is 0.472. The van der Waals surface area contributed by atoms with Gasteiger partial charge in [0.05, 0.1) is 24.6 Å². The fourth-order valence-electron chi connectivity index (χ4n) is 3.59. The fourth-order valence-corrected chi connectivity index (χ4v) is 5.36. The van der Waals surface area contributed by atoms with Crippen molar-refractivity contribution in [3.8, 4) is 16.3 Å². The second-order valence-corrected chi connectivity index (χ2v) is 9.37. The molecule has 2 N–H and O–H groups in total. The van der Waals surface area contributed by atoms with Crippen LogP contribution in [0, 0.1) is 5.82 Å². The second-order valence-electron chi connectivity index (χ2n) is 7.57. The van der Waals surface area contributed by atoms with Gasteiger partial charge in [0.1, 0.15) is 10.8 Å². The summed E-state index contributed by atoms with van der Waals surface area (Å²) in [4.78, 5) is 18.1. The van der Waals surface area contributed by atoms with Gasteiger partial charge >= 0.3 is 0 Å². The highest BCUT2D eigenvalue weighted by atomic mass is 32.2. The number of aromatic nitrogens is 4. The molecule has 1 aliphatic heterocycles. The molecule has 34 heavy (non-hydrogen) atoms. The number of hydrogen-bond donors (Lipinski definition) is 1. The number of amides is 1. The maximum Gasteiger partial charge on any atom is 0.248 e. The van der Waals surface area contributed by atoms with Crippen LogP contribution in [0.2, 0.25) is 0 Å². The Hall–Kier alpha value is -3.28. The van der Waals surface area contributed by atoms with Crippen molar-refractivity contribution in [3.63, 3.8) is 0 Å². The third-order valence-corrected chi connectivity index (χ3v) is 7.20. The third-order valence-electron chi connectivity index (χ3n) is 5.29. The van der Waals surface area contributed by atoms with E-state index in [0.717, 1.165) is 16.3 Å². The van der Waals surface area contributed by atoms with Crippen LogP contribution in [0.1, 0.15) is 16.1 Å². The largest absolute Gasteiger partial charge is 0.378 e. The molecule has 0 spiro atoms. The van der Waals surface area contributed by atoms with Crippen LogP contribution < -0.4 is 10.6 Å². The highest BCUT2D eigenvalue weighted by Crippen LogP contribution is 2.31. The van der Waals surface area contributed by atoms with E-state index < -0.39 is 5.91 Å². The molecule has 2 aromatic carbocycles. The summed E-state index contributed by atoms with van der Waals surface area (Å²) in [5, 5.41) is 12.3. The van der Waals surface area contributed by atoms with Crippen molar-refractivity contribution in [2.75, 3.05) is 31.2 Å². The molecule has 1 amide bonds. The topological polar surface area (TPSA) is 99.2 Å². The number of thiazole rings is 1. The normalized spacial score (nSPS) is 13.9. The van der Waals surface area contributed by atoms with Crippen LogP contribution in [0.4, 0.5) is 10.3 Å². The van der Waals surface area contributed by atoms with E-state index in [4.69, 9.17) is 15.5 Å². The number of primary amides is 1. The summed E-state index contributed by atoms with van der Waals surface area (Å²) < 4.78 is 21.4. The van der Waals surface area contributed by atoms with Crippen LogP contribution in [0.25, 0.3) is 16.3 Å². The van der Waals surface area contributed by atoms with Gasteiger partial charge in [-0.2, -0.15) is 0 Å². The van der Waals surface area contributed by atoms with Gasteiger partial charge in [-0.25, -0.2) is 9.37 Å². The molecule has 0 bridgehead atoms. The first kappa shape index (κ1) is 22.5. The Morgan fingerprint density at radius 2 is 1.94 bits per heavy atom. The van der Waals surface area contributed by atoms with Gasteiger partial charge in [-0.3, -0.25) is 9.36 Å². The summed E-state index contributed by atoms with van der Waals surface area (Å²) in [6.45, 7) is 2.62. The number of nitrogens with zero attached hydrogens (tertiary/aromatic N) is 5. The number of nitrogens with two attached hydrogens (primary N) is 1. The van der Waals surface area contributed by atoms with E-state index >= 15 is 0 Å². The van der Waals surface area contributed by atoms with Crippen molar-refractivity contribution in [2.24, 2.45) is 5.73 Å². The minimum Gasteiger partial charge on any atom is -0.378 e. The quantitative estimate of drug-likeness (QED) is 0.389. The number of rotatable bonds is 7. The summed E-state index contributed by atoms with van der Waals surface area (Å²) in [5.41, 5.74) is 8.26. The first-order valence-corrected chi connectivity index (χ1v) is 12.5. The number of ether oxygens (including phenoxy) is 1. The monoisotopic (exact) mass is 496 g/mol. The molecule has 1 aliphatic rings. The van der Waals surface area contributed by atoms with Crippen LogP contribution >= 0.6 is 23.1 Å². The molecule has 4 aromatic rings. The summed E-state index contributed by atoms with van der Waals surface area (Å²) >= 11 is 3.02. The number of anilines is 1. The molecule has 1 fully saturated rings. The number of halogens is 1. The number of carbonyl (C=O) groups excluding carboxylic acids is 1. The Balaban J connectivity index is 1.37. The lowest BCUT2D eigenvalue weighted by molar-refractivity contribution is 0.100. The van der Waals surface area contributed by atoms with Crippen molar-refractivity contribution in [1.82, 2.24) is 19.7 Å². The lowest BCUT2D eigenvalue weighted by Crippen LogP contribution is -2.37. The van der Waals surface area contributed by atoms with E-state index in [1.165, 1.54) is 35.2 Å². The maximum absolute atomic E-state index is 14.0. The second kappa shape index (κ2) is 9.92. The molecule has 5 rings (SSSR count). The van der Waals surface area contributed by atoms with E-state index in [9.17, 15) is 9.18 Å². The molecular formula is C23H21FN6O2S2. The zero-order valence-electron chi connectivity index (χ0n) is 18.1. The lowest BCUT2D eigenvalue weighted by Gasteiger charge is -2.27. The van der Waals surface area contributed by atoms with E-state index in [2.05, 4.69) is 15.1 Å². The standard InChI is InChI=1S/C23H21FN6O2S2/c24-17-2-1-3-19(12-17)30-22(29-8-10-32-11-9-29)27-28-23(30)34-14-18-13-33-21(26-18)16-6-4-15(5-7-16)20(25)31/h1-7,12-13H,8-11,14H2,(H2,25,31). The predicted octanol–water partition coefficient (Wildman–Crippen LogP) is 3.76.